The Morgan fingerprint density at radius 3 is 2.38 bits per heavy atom. The van der Waals surface area contributed by atoms with Gasteiger partial charge in [-0.05, 0) is 68.8 Å². The second-order valence-electron chi connectivity index (χ2n) is 8.69. The second-order valence-corrected chi connectivity index (χ2v) is 10.5. The summed E-state index contributed by atoms with van der Waals surface area (Å²) in [6.07, 6.45) is 0. The van der Waals surface area contributed by atoms with E-state index in [1.165, 1.54) is 30.6 Å². The molecule has 0 unspecified atom stereocenters. The molecule has 3 aromatic carbocycles. The number of hydrogen-bond donors (Lipinski definition) is 3. The van der Waals surface area contributed by atoms with E-state index < -0.39 is 17.9 Å². The molecule has 0 radical (unpaired) electrons. The third-order valence-electron chi connectivity index (χ3n) is 6.12. The zero-order valence-corrected chi connectivity index (χ0v) is 23.6. The van der Waals surface area contributed by atoms with E-state index in [0.29, 0.717) is 14.9 Å². The van der Waals surface area contributed by atoms with Gasteiger partial charge >= 0.3 is 5.97 Å². The Balaban J connectivity index is 1.43. The first-order valence-electron chi connectivity index (χ1n) is 12.1. The lowest BCUT2D eigenvalue weighted by atomic mass is 9.99. The van der Waals surface area contributed by atoms with Crippen molar-refractivity contribution in [3.8, 4) is 0 Å². The first-order chi connectivity index (χ1) is 18.8. The highest BCUT2D eigenvalue weighted by atomic mass is 79.9. The summed E-state index contributed by atoms with van der Waals surface area (Å²) in [6, 6.07) is 20.6. The van der Waals surface area contributed by atoms with Gasteiger partial charge in [0.05, 0.1) is 23.6 Å². The molecule has 10 heteroatoms. The number of thiophene rings is 1. The highest BCUT2D eigenvalue weighted by molar-refractivity contribution is 9.10. The van der Waals surface area contributed by atoms with Crippen molar-refractivity contribution in [2.45, 2.75) is 19.0 Å². The van der Waals surface area contributed by atoms with Gasteiger partial charge in [-0.15, -0.1) is 11.3 Å². The van der Waals surface area contributed by atoms with Crippen LogP contribution in [0.5, 0.6) is 0 Å². The molecule has 39 heavy (non-hydrogen) atoms. The number of hydrogen-bond acceptors (Lipinski definition) is 6. The highest BCUT2D eigenvalue weighted by Gasteiger charge is 2.25. The molecule has 1 heterocycles. The molecule has 0 saturated heterocycles. The van der Waals surface area contributed by atoms with E-state index in [4.69, 9.17) is 4.74 Å². The smallest absolute Gasteiger partial charge is 0.330 e. The summed E-state index contributed by atoms with van der Waals surface area (Å²) in [5, 5.41) is 12.1. The molecule has 2 atom stereocenters. The lowest BCUT2D eigenvalue weighted by Gasteiger charge is -2.18. The highest BCUT2D eigenvalue weighted by Crippen LogP contribution is 2.25. The minimum absolute atomic E-state index is 0.153. The van der Waals surface area contributed by atoms with Crippen LogP contribution < -0.4 is 16.0 Å². The van der Waals surface area contributed by atoms with Gasteiger partial charge in [0.1, 0.15) is 6.04 Å². The molecule has 0 spiro atoms. The summed E-state index contributed by atoms with van der Waals surface area (Å²) in [6.45, 7) is 1.76. The molecular formula is C29H26BrN3O5S. The average Bonchev–Trinajstić information content (AvgIpc) is 3.49. The molecule has 4 rings (SSSR count). The monoisotopic (exact) mass is 607 g/mol. The Morgan fingerprint density at radius 2 is 1.67 bits per heavy atom. The summed E-state index contributed by atoms with van der Waals surface area (Å²) in [5.41, 5.74) is 1.57. The van der Waals surface area contributed by atoms with E-state index in [2.05, 4.69) is 31.9 Å². The minimum Gasteiger partial charge on any atom is -0.467 e. The van der Waals surface area contributed by atoms with Crippen LogP contribution in [-0.2, 0) is 9.53 Å². The SMILES string of the molecule is COC(=O)[C@H](CNC(=O)c1cccs1)NC(=O)c1ccc(C(=O)N[C@H](C)c2cccc3ccccc23)cc1Br. The number of esters is 1. The molecule has 0 saturated carbocycles. The Hall–Kier alpha value is -4.02. The van der Waals surface area contributed by atoms with Crippen molar-refractivity contribution < 1.29 is 23.9 Å². The van der Waals surface area contributed by atoms with Gasteiger partial charge in [0.25, 0.3) is 17.7 Å². The number of halogens is 1. The quantitative estimate of drug-likeness (QED) is 0.235. The fourth-order valence-corrected chi connectivity index (χ4v) is 5.29. The maximum atomic E-state index is 13.0. The zero-order chi connectivity index (χ0) is 27.9. The van der Waals surface area contributed by atoms with Gasteiger partial charge < -0.3 is 20.7 Å². The van der Waals surface area contributed by atoms with Crippen LogP contribution in [0.15, 0.2) is 82.6 Å². The number of carbonyl (C=O) groups excluding carboxylic acids is 4. The van der Waals surface area contributed by atoms with Gasteiger partial charge in [-0.3, -0.25) is 14.4 Å². The van der Waals surface area contributed by atoms with Gasteiger partial charge in [-0.1, -0.05) is 48.5 Å². The second kappa shape index (κ2) is 12.7. The molecule has 200 valence electrons. The van der Waals surface area contributed by atoms with Crippen LogP contribution >= 0.6 is 27.3 Å². The molecule has 3 amide bonds. The van der Waals surface area contributed by atoms with E-state index in [1.807, 2.05) is 49.4 Å². The minimum atomic E-state index is -1.11. The maximum Gasteiger partial charge on any atom is 0.330 e. The number of ether oxygens (including phenoxy) is 1. The molecule has 0 aliphatic rings. The molecule has 8 nitrogen and oxygen atoms in total. The molecule has 0 aliphatic carbocycles. The largest absolute Gasteiger partial charge is 0.467 e. The Bertz CT molecular complexity index is 1520. The summed E-state index contributed by atoms with van der Waals surface area (Å²) in [7, 11) is 1.20. The fourth-order valence-electron chi connectivity index (χ4n) is 4.09. The van der Waals surface area contributed by atoms with Crippen LogP contribution in [0.3, 0.4) is 0 Å². The Kier molecular flexibility index (Phi) is 9.11. The normalized spacial score (nSPS) is 12.3. The maximum absolute atomic E-state index is 13.0. The molecule has 3 N–H and O–H groups in total. The first kappa shape index (κ1) is 28.0. The standard InChI is InChI=1S/C29H26BrN3O5S/c1-17(20-10-5-8-18-7-3-4-9-21(18)20)32-26(34)19-12-13-22(23(30)15-19)27(35)33-24(29(37)38-2)16-31-28(36)25-11-6-14-39-25/h3-15,17,24H,16H2,1-2H3,(H,31,36)(H,32,34)(H,33,35)/t17-,24+/m1/s1. The number of methoxy groups -OCH3 is 1. The lowest BCUT2D eigenvalue weighted by molar-refractivity contribution is -0.142. The number of benzene rings is 3. The first-order valence-corrected chi connectivity index (χ1v) is 13.7. The van der Waals surface area contributed by atoms with Gasteiger partial charge in [0, 0.05) is 16.6 Å². The van der Waals surface area contributed by atoms with Gasteiger partial charge in [-0.25, -0.2) is 4.79 Å². The number of fused-ring (bicyclic) bond motifs is 1. The van der Waals surface area contributed by atoms with E-state index in [0.717, 1.165) is 16.3 Å². The summed E-state index contributed by atoms with van der Waals surface area (Å²) in [4.78, 5) is 51.0. The van der Waals surface area contributed by atoms with E-state index in [1.54, 1.807) is 23.6 Å². The van der Waals surface area contributed by atoms with Crippen molar-refractivity contribution in [1.82, 2.24) is 16.0 Å². The fraction of sp³-hybridized carbons (Fsp3) is 0.172. The van der Waals surface area contributed by atoms with Crippen molar-refractivity contribution in [2.75, 3.05) is 13.7 Å². The van der Waals surface area contributed by atoms with Crippen molar-refractivity contribution in [2.24, 2.45) is 0 Å². The molecule has 0 aliphatic heterocycles. The van der Waals surface area contributed by atoms with Crippen molar-refractivity contribution in [3.63, 3.8) is 0 Å². The van der Waals surface area contributed by atoms with Gasteiger partial charge in [0.15, 0.2) is 0 Å². The third-order valence-corrected chi connectivity index (χ3v) is 7.64. The van der Waals surface area contributed by atoms with E-state index >= 15 is 0 Å². The zero-order valence-electron chi connectivity index (χ0n) is 21.2. The Labute approximate surface area is 237 Å². The summed E-state index contributed by atoms with van der Waals surface area (Å²) in [5.74, 6) is -1.93. The van der Waals surface area contributed by atoms with Crippen LogP contribution in [0.25, 0.3) is 10.8 Å². The lowest BCUT2D eigenvalue weighted by Crippen LogP contribution is -2.49. The molecule has 1 aromatic heterocycles. The van der Waals surface area contributed by atoms with Crippen molar-refractivity contribution in [1.29, 1.82) is 0 Å². The van der Waals surface area contributed by atoms with Crippen molar-refractivity contribution in [3.05, 3.63) is 104 Å². The van der Waals surface area contributed by atoms with Gasteiger partial charge in [0.2, 0.25) is 0 Å². The topological polar surface area (TPSA) is 114 Å². The average molecular weight is 609 g/mol. The summed E-state index contributed by atoms with van der Waals surface area (Å²) < 4.78 is 5.16. The third kappa shape index (κ3) is 6.71. The van der Waals surface area contributed by atoms with Crippen molar-refractivity contribution >= 4 is 61.7 Å². The number of nitrogens with one attached hydrogen (secondary N) is 3. The van der Waals surface area contributed by atoms with E-state index in [9.17, 15) is 19.2 Å². The number of amides is 3. The molecule has 0 fully saturated rings. The predicted octanol–water partition coefficient (Wildman–Crippen LogP) is 4.86. The van der Waals surface area contributed by atoms with Crippen LogP contribution in [0.2, 0.25) is 0 Å². The number of rotatable bonds is 9. The molecule has 4 aromatic rings. The number of carbonyl (C=O) groups is 4. The Morgan fingerprint density at radius 1 is 0.897 bits per heavy atom. The predicted molar refractivity (Wildman–Crippen MR) is 154 cm³/mol. The van der Waals surface area contributed by atoms with E-state index in [-0.39, 0.29) is 30.0 Å². The summed E-state index contributed by atoms with van der Waals surface area (Å²) >= 11 is 4.63. The van der Waals surface area contributed by atoms with Gasteiger partial charge in [-0.2, -0.15) is 0 Å². The van der Waals surface area contributed by atoms with Crippen LogP contribution in [-0.4, -0.2) is 43.4 Å². The molecular weight excluding hydrogens is 582 g/mol. The molecule has 0 bridgehead atoms. The van der Waals surface area contributed by atoms with Crippen LogP contribution in [0.1, 0.15) is 48.9 Å². The van der Waals surface area contributed by atoms with Crippen LogP contribution in [0.4, 0.5) is 0 Å². The van der Waals surface area contributed by atoms with Crippen LogP contribution in [0, 0.1) is 0 Å².